The molecule has 20 heavy (non-hydrogen) atoms. The van der Waals surface area contributed by atoms with E-state index in [0.29, 0.717) is 0 Å². The van der Waals surface area contributed by atoms with Crippen LogP contribution in [0.5, 0.6) is 0 Å². The van der Waals surface area contributed by atoms with Crippen molar-refractivity contribution in [3.63, 3.8) is 0 Å². The van der Waals surface area contributed by atoms with E-state index in [1.165, 1.54) is 0 Å². The third kappa shape index (κ3) is 4.51. The van der Waals surface area contributed by atoms with Gasteiger partial charge in [0.05, 0.1) is 32.2 Å². The van der Waals surface area contributed by atoms with Gasteiger partial charge in [0.1, 0.15) is 0 Å². The minimum absolute atomic E-state index is 0.00400. The van der Waals surface area contributed by atoms with Crippen molar-refractivity contribution in [1.29, 1.82) is 0 Å². The van der Waals surface area contributed by atoms with Crippen LogP contribution in [0.15, 0.2) is 0 Å². The Labute approximate surface area is 111 Å². The number of nitrogens with zero attached hydrogens (tertiary/aromatic N) is 1. The molecule has 2 amide bonds. The largest absolute Gasteiger partial charge is 0.481 e. The fourth-order valence-corrected chi connectivity index (χ4v) is 1.67. The van der Waals surface area contributed by atoms with Crippen LogP contribution in [0.2, 0.25) is 0 Å². The molecule has 116 valence electrons. The van der Waals surface area contributed by atoms with E-state index in [1.807, 2.05) is 0 Å². The van der Waals surface area contributed by atoms with Gasteiger partial charge in [-0.05, 0) is 0 Å². The normalized spacial score (nSPS) is 20.1. The summed E-state index contributed by atoms with van der Waals surface area (Å²) in [6, 6.07) is -1.83. The molecule has 0 bridgehead atoms. The second kappa shape index (κ2) is 6.73. The molecule has 0 saturated carbocycles. The number of alkyl halides is 4. The highest BCUT2D eigenvalue weighted by Crippen LogP contribution is 2.21. The summed E-state index contributed by atoms with van der Waals surface area (Å²) in [5, 5.41) is 10.3. The number of ether oxygens (including phenoxy) is 1. The van der Waals surface area contributed by atoms with Gasteiger partial charge in [-0.15, -0.1) is 0 Å². The van der Waals surface area contributed by atoms with Gasteiger partial charge in [-0.1, -0.05) is 0 Å². The first-order valence-electron chi connectivity index (χ1n) is 5.74. The van der Waals surface area contributed by atoms with E-state index in [0.717, 1.165) is 4.90 Å². The summed E-state index contributed by atoms with van der Waals surface area (Å²) in [7, 11) is 0. The molecule has 0 radical (unpaired) electrons. The number of morpholine rings is 1. The Bertz CT molecular complexity index is 367. The standard InChI is InChI=1S/C10H14F4N2O4/c11-8(12)10(13,14)5-15-9(19)16-1-2-20-4-6(16)3-7(17)18/h6,8H,1-5H2,(H,15,19)(H,17,18). The number of nitrogens with one attached hydrogen (secondary N) is 1. The number of aliphatic carboxylic acids is 1. The molecule has 1 aliphatic rings. The summed E-state index contributed by atoms with van der Waals surface area (Å²) in [6.45, 7) is -1.44. The van der Waals surface area contributed by atoms with Gasteiger partial charge in [0.2, 0.25) is 0 Å². The molecule has 0 aromatic rings. The third-order valence-corrected chi connectivity index (χ3v) is 2.69. The highest BCUT2D eigenvalue weighted by Gasteiger charge is 2.41. The first-order chi connectivity index (χ1) is 9.24. The van der Waals surface area contributed by atoms with Crippen molar-refractivity contribution in [3.05, 3.63) is 0 Å². The molecule has 0 aromatic heterocycles. The van der Waals surface area contributed by atoms with E-state index in [4.69, 9.17) is 9.84 Å². The zero-order chi connectivity index (χ0) is 15.3. The Kier molecular flexibility index (Phi) is 5.54. The van der Waals surface area contributed by atoms with E-state index in [9.17, 15) is 27.2 Å². The van der Waals surface area contributed by atoms with Gasteiger partial charge < -0.3 is 20.1 Å². The van der Waals surface area contributed by atoms with Crippen molar-refractivity contribution in [2.75, 3.05) is 26.3 Å². The molecular formula is C10H14F4N2O4. The first kappa shape index (κ1) is 16.5. The lowest BCUT2D eigenvalue weighted by Gasteiger charge is -2.35. The number of urea groups is 1. The molecule has 1 heterocycles. The van der Waals surface area contributed by atoms with E-state index < -0.39 is 43.4 Å². The van der Waals surface area contributed by atoms with Crippen LogP contribution in [0.25, 0.3) is 0 Å². The summed E-state index contributed by atoms with van der Waals surface area (Å²) in [5.74, 6) is -5.51. The lowest BCUT2D eigenvalue weighted by molar-refractivity contribution is -0.139. The van der Waals surface area contributed by atoms with Gasteiger partial charge in [0.15, 0.2) is 0 Å². The molecule has 0 aliphatic carbocycles. The third-order valence-electron chi connectivity index (χ3n) is 2.69. The summed E-state index contributed by atoms with van der Waals surface area (Å²) in [4.78, 5) is 23.3. The van der Waals surface area contributed by atoms with E-state index in [1.54, 1.807) is 5.32 Å². The van der Waals surface area contributed by atoms with Gasteiger partial charge in [0, 0.05) is 6.54 Å². The van der Waals surface area contributed by atoms with Gasteiger partial charge in [-0.2, -0.15) is 8.78 Å². The van der Waals surface area contributed by atoms with Crippen molar-refractivity contribution >= 4 is 12.0 Å². The maximum absolute atomic E-state index is 12.7. The number of carboxylic acids is 1. The van der Waals surface area contributed by atoms with Crippen LogP contribution < -0.4 is 5.32 Å². The van der Waals surface area contributed by atoms with Crippen LogP contribution in [0.4, 0.5) is 22.4 Å². The van der Waals surface area contributed by atoms with E-state index in [2.05, 4.69) is 0 Å². The fraction of sp³-hybridized carbons (Fsp3) is 0.800. The highest BCUT2D eigenvalue weighted by atomic mass is 19.3. The van der Waals surface area contributed by atoms with Crippen molar-refractivity contribution in [3.8, 4) is 0 Å². The number of carboxylic acid groups (broad SMARTS) is 1. The van der Waals surface area contributed by atoms with E-state index in [-0.39, 0.29) is 19.8 Å². The fourth-order valence-electron chi connectivity index (χ4n) is 1.67. The lowest BCUT2D eigenvalue weighted by atomic mass is 10.1. The predicted molar refractivity (Wildman–Crippen MR) is 57.9 cm³/mol. The molecule has 1 saturated heterocycles. The molecule has 2 N–H and O–H groups in total. The molecule has 6 nitrogen and oxygen atoms in total. The van der Waals surface area contributed by atoms with Gasteiger partial charge in [-0.25, -0.2) is 13.6 Å². The number of hydrogen-bond donors (Lipinski definition) is 2. The minimum Gasteiger partial charge on any atom is -0.481 e. The Morgan fingerprint density at radius 2 is 2.10 bits per heavy atom. The summed E-state index contributed by atoms with van der Waals surface area (Å²) in [5.41, 5.74) is 0. The Morgan fingerprint density at radius 1 is 1.45 bits per heavy atom. The Morgan fingerprint density at radius 3 is 2.65 bits per heavy atom. The van der Waals surface area contributed by atoms with Gasteiger partial charge >= 0.3 is 24.3 Å². The second-order valence-electron chi connectivity index (χ2n) is 4.24. The molecule has 1 aliphatic heterocycles. The van der Waals surface area contributed by atoms with Crippen molar-refractivity contribution in [2.45, 2.75) is 24.8 Å². The summed E-state index contributed by atoms with van der Waals surface area (Å²) in [6.07, 6.45) is -4.30. The maximum atomic E-state index is 12.7. The van der Waals surface area contributed by atoms with Crippen molar-refractivity contribution in [1.82, 2.24) is 10.2 Å². The molecule has 1 atom stereocenters. The lowest BCUT2D eigenvalue weighted by Crippen LogP contribution is -2.55. The molecule has 0 aromatic carbocycles. The van der Waals surface area contributed by atoms with Crippen molar-refractivity contribution < 1.29 is 37.0 Å². The van der Waals surface area contributed by atoms with Crippen LogP contribution in [0, 0.1) is 0 Å². The molecule has 1 rings (SSSR count). The monoisotopic (exact) mass is 302 g/mol. The number of hydrogen-bond acceptors (Lipinski definition) is 3. The molecular weight excluding hydrogens is 288 g/mol. The minimum atomic E-state index is -4.33. The highest BCUT2D eigenvalue weighted by molar-refractivity contribution is 5.76. The van der Waals surface area contributed by atoms with Crippen LogP contribution in [-0.4, -0.2) is 66.7 Å². The van der Waals surface area contributed by atoms with Crippen molar-refractivity contribution in [2.24, 2.45) is 0 Å². The quantitative estimate of drug-likeness (QED) is 0.735. The first-order valence-corrected chi connectivity index (χ1v) is 5.74. The predicted octanol–water partition coefficient (Wildman–Crippen LogP) is 0.772. The number of rotatable bonds is 5. The molecule has 10 heteroatoms. The molecule has 1 fully saturated rings. The zero-order valence-corrected chi connectivity index (χ0v) is 10.3. The van der Waals surface area contributed by atoms with Crippen LogP contribution in [-0.2, 0) is 9.53 Å². The number of carbonyl (C=O) groups excluding carboxylic acids is 1. The SMILES string of the molecule is O=C(O)CC1COCCN1C(=O)NCC(F)(F)C(F)F. The zero-order valence-electron chi connectivity index (χ0n) is 10.3. The topological polar surface area (TPSA) is 78.9 Å². The van der Waals surface area contributed by atoms with Crippen LogP contribution >= 0.6 is 0 Å². The maximum Gasteiger partial charge on any atom is 0.324 e. The second-order valence-corrected chi connectivity index (χ2v) is 4.24. The smallest absolute Gasteiger partial charge is 0.324 e. The van der Waals surface area contributed by atoms with Crippen LogP contribution in [0.1, 0.15) is 6.42 Å². The average molecular weight is 302 g/mol. The Balaban J connectivity index is 2.57. The van der Waals surface area contributed by atoms with Gasteiger partial charge in [-0.3, -0.25) is 4.79 Å². The number of carbonyl (C=O) groups is 2. The van der Waals surface area contributed by atoms with E-state index >= 15 is 0 Å². The summed E-state index contributed by atoms with van der Waals surface area (Å²) < 4.78 is 54.2. The van der Waals surface area contributed by atoms with Crippen LogP contribution in [0.3, 0.4) is 0 Å². The number of halogens is 4. The average Bonchev–Trinajstić information content (AvgIpc) is 2.36. The Hall–Kier alpha value is -1.58. The summed E-state index contributed by atoms with van der Waals surface area (Å²) >= 11 is 0. The number of amides is 2. The molecule has 1 unspecified atom stereocenters. The molecule has 0 spiro atoms. The van der Waals surface area contributed by atoms with Gasteiger partial charge in [0.25, 0.3) is 0 Å².